The third-order valence-corrected chi connectivity index (χ3v) is 8.42. The van der Waals surface area contributed by atoms with Crippen molar-refractivity contribution in [1.29, 1.82) is 0 Å². The first-order valence-corrected chi connectivity index (χ1v) is 16.6. The summed E-state index contributed by atoms with van der Waals surface area (Å²) in [6.45, 7) is 6.68. The van der Waals surface area contributed by atoms with E-state index in [4.69, 9.17) is 4.84 Å². The number of aromatic nitrogens is 3. The van der Waals surface area contributed by atoms with E-state index in [2.05, 4.69) is 35.0 Å². The lowest BCUT2D eigenvalue weighted by molar-refractivity contribution is -0.144. The van der Waals surface area contributed by atoms with Crippen molar-refractivity contribution in [3.05, 3.63) is 83.8 Å². The topological polar surface area (TPSA) is 86.1 Å². The number of carbonyl (C=O) groups excluding carboxylic acids is 2. The van der Waals surface area contributed by atoms with Gasteiger partial charge in [0.15, 0.2) is 0 Å². The first kappa shape index (κ1) is 26.4. The maximum atomic E-state index is 12.7. The Morgan fingerprint density at radius 3 is 2.57 bits per heavy atom. The minimum Gasteiger partial charge on any atom is -0.355 e. The Bertz CT molecular complexity index is 1450. The molecule has 190 valence electrons. The SMILES string of the molecule is CNC(=O)c1ccccc1Sc1ccc2c(/C=C/c3ccccn3)nn(OC(=O)CC[Si](C)(C)C)c2c1. The van der Waals surface area contributed by atoms with Crippen LogP contribution in [0.2, 0.25) is 25.7 Å². The smallest absolute Gasteiger partial charge is 0.334 e. The summed E-state index contributed by atoms with van der Waals surface area (Å²) < 4.78 is 0. The maximum Gasteiger partial charge on any atom is 0.334 e. The number of amides is 1. The van der Waals surface area contributed by atoms with Crippen LogP contribution in [0.15, 0.2) is 76.7 Å². The number of hydrogen-bond acceptors (Lipinski definition) is 6. The van der Waals surface area contributed by atoms with Gasteiger partial charge < -0.3 is 10.2 Å². The fourth-order valence-corrected chi connectivity index (χ4v) is 5.54. The molecule has 0 fully saturated rings. The predicted octanol–water partition coefficient (Wildman–Crippen LogP) is 5.80. The zero-order valence-electron chi connectivity index (χ0n) is 21.4. The Hall–Kier alpha value is -3.69. The van der Waals surface area contributed by atoms with Gasteiger partial charge in [-0.2, -0.15) is 0 Å². The molecule has 37 heavy (non-hydrogen) atoms. The third-order valence-electron chi connectivity index (χ3n) is 5.60. The van der Waals surface area contributed by atoms with Gasteiger partial charge in [-0.25, -0.2) is 4.79 Å². The highest BCUT2D eigenvalue weighted by Gasteiger charge is 2.19. The zero-order valence-corrected chi connectivity index (χ0v) is 23.2. The van der Waals surface area contributed by atoms with Crippen LogP contribution < -0.4 is 10.2 Å². The summed E-state index contributed by atoms with van der Waals surface area (Å²) in [5.74, 6) is -0.456. The number of nitrogens with zero attached hydrogens (tertiary/aromatic N) is 3. The lowest BCUT2D eigenvalue weighted by Gasteiger charge is -2.14. The second-order valence-corrected chi connectivity index (χ2v) is 16.5. The summed E-state index contributed by atoms with van der Waals surface area (Å²) in [5, 5.41) is 8.12. The number of fused-ring (bicyclic) bond motifs is 1. The number of rotatable bonds is 9. The van der Waals surface area contributed by atoms with Gasteiger partial charge in [-0.05, 0) is 60.7 Å². The summed E-state index contributed by atoms with van der Waals surface area (Å²) in [7, 11) is 0.225. The number of carbonyl (C=O) groups is 2. The number of hydrogen-bond donors (Lipinski definition) is 1. The van der Waals surface area contributed by atoms with Crippen LogP contribution in [-0.4, -0.2) is 41.9 Å². The molecule has 0 atom stereocenters. The molecule has 0 unspecified atom stereocenters. The largest absolute Gasteiger partial charge is 0.355 e. The molecule has 0 aliphatic heterocycles. The highest BCUT2D eigenvalue weighted by atomic mass is 32.2. The van der Waals surface area contributed by atoms with Gasteiger partial charge in [0.2, 0.25) is 0 Å². The Kier molecular flexibility index (Phi) is 8.25. The molecule has 0 aliphatic rings. The minimum absolute atomic E-state index is 0.146. The monoisotopic (exact) mass is 530 g/mol. The molecule has 0 aliphatic carbocycles. The van der Waals surface area contributed by atoms with Gasteiger partial charge in [0.25, 0.3) is 5.91 Å². The quantitative estimate of drug-likeness (QED) is 0.276. The van der Waals surface area contributed by atoms with E-state index in [1.54, 1.807) is 19.3 Å². The Labute approximate surface area is 221 Å². The predicted molar refractivity (Wildman–Crippen MR) is 151 cm³/mol. The van der Waals surface area contributed by atoms with Crippen LogP contribution in [0.1, 0.15) is 28.2 Å². The highest BCUT2D eigenvalue weighted by Crippen LogP contribution is 2.33. The standard InChI is InChI=1S/C28H30N4O3SSi/c1-29-28(34)23-10-5-6-11-26(23)36-21-13-14-22-24(15-12-20-9-7-8-17-30-20)31-32(25(22)19-21)35-27(33)16-18-37(2,3)4/h5-15,17,19H,16,18H2,1-4H3,(H,29,34)/b15-12+. The Balaban J connectivity index is 1.69. The van der Waals surface area contributed by atoms with E-state index in [-0.39, 0.29) is 11.9 Å². The van der Waals surface area contributed by atoms with E-state index < -0.39 is 8.07 Å². The van der Waals surface area contributed by atoms with Gasteiger partial charge in [0, 0.05) is 42.9 Å². The first-order chi connectivity index (χ1) is 17.7. The van der Waals surface area contributed by atoms with E-state index >= 15 is 0 Å². The second kappa shape index (κ2) is 11.6. The van der Waals surface area contributed by atoms with Crippen LogP contribution in [0, 0.1) is 0 Å². The molecular formula is C28H30N4O3SSi. The lowest BCUT2D eigenvalue weighted by Crippen LogP contribution is -2.25. The Morgan fingerprint density at radius 1 is 1.05 bits per heavy atom. The molecule has 2 heterocycles. The van der Waals surface area contributed by atoms with Crippen molar-refractivity contribution in [3.8, 4) is 0 Å². The molecule has 0 radical (unpaired) electrons. The molecule has 0 bridgehead atoms. The molecule has 7 nitrogen and oxygen atoms in total. The molecule has 9 heteroatoms. The van der Waals surface area contributed by atoms with E-state index in [0.717, 1.165) is 26.9 Å². The van der Waals surface area contributed by atoms with Crippen molar-refractivity contribution in [3.63, 3.8) is 0 Å². The molecule has 0 spiro atoms. The van der Waals surface area contributed by atoms with Crippen LogP contribution in [0.5, 0.6) is 0 Å². The van der Waals surface area contributed by atoms with Crippen molar-refractivity contribution >= 4 is 54.8 Å². The molecule has 4 rings (SSSR count). The van der Waals surface area contributed by atoms with Gasteiger partial charge in [-0.3, -0.25) is 9.78 Å². The van der Waals surface area contributed by atoms with Gasteiger partial charge in [0.1, 0.15) is 5.52 Å². The number of pyridine rings is 1. The van der Waals surface area contributed by atoms with Gasteiger partial charge >= 0.3 is 5.97 Å². The molecule has 2 aromatic heterocycles. The van der Waals surface area contributed by atoms with Crippen LogP contribution >= 0.6 is 11.8 Å². The normalized spacial score (nSPS) is 11.7. The third kappa shape index (κ3) is 6.96. The molecule has 0 saturated carbocycles. The van der Waals surface area contributed by atoms with Crippen LogP contribution in [0.3, 0.4) is 0 Å². The van der Waals surface area contributed by atoms with Crippen LogP contribution in [-0.2, 0) is 4.79 Å². The summed E-state index contributed by atoms with van der Waals surface area (Å²) >= 11 is 1.47. The van der Waals surface area contributed by atoms with Gasteiger partial charge in [0.05, 0.1) is 17.0 Å². The van der Waals surface area contributed by atoms with Crippen LogP contribution in [0.4, 0.5) is 0 Å². The van der Waals surface area contributed by atoms with Crippen molar-refractivity contribution < 1.29 is 14.4 Å². The molecular weight excluding hydrogens is 500 g/mol. The lowest BCUT2D eigenvalue weighted by atomic mass is 10.2. The fraction of sp³-hybridized carbons (Fsp3) is 0.214. The second-order valence-electron chi connectivity index (χ2n) is 9.73. The number of benzene rings is 2. The summed E-state index contributed by atoms with van der Waals surface area (Å²) in [6, 6.07) is 19.8. The highest BCUT2D eigenvalue weighted by molar-refractivity contribution is 7.99. The van der Waals surface area contributed by atoms with Crippen molar-refractivity contribution in [2.24, 2.45) is 0 Å². The minimum atomic E-state index is -1.39. The van der Waals surface area contributed by atoms with Gasteiger partial charge in [-0.15, -0.1) is 5.10 Å². The summed E-state index contributed by atoms with van der Waals surface area (Å²) in [4.78, 5) is 38.1. The maximum absolute atomic E-state index is 12.7. The van der Waals surface area contributed by atoms with Crippen molar-refractivity contribution in [1.82, 2.24) is 20.2 Å². The fourth-order valence-electron chi connectivity index (χ4n) is 3.61. The zero-order chi connectivity index (χ0) is 26.4. The van der Waals surface area contributed by atoms with E-state index in [1.165, 1.54) is 16.6 Å². The van der Waals surface area contributed by atoms with Crippen molar-refractivity contribution in [2.75, 3.05) is 7.05 Å². The molecule has 1 amide bonds. The average Bonchev–Trinajstić information content (AvgIpc) is 3.22. The van der Waals surface area contributed by atoms with E-state index in [1.807, 2.05) is 66.7 Å². The van der Waals surface area contributed by atoms with Crippen LogP contribution in [0.25, 0.3) is 23.1 Å². The molecule has 4 aromatic rings. The average molecular weight is 531 g/mol. The molecule has 1 N–H and O–H groups in total. The molecule has 2 aromatic carbocycles. The van der Waals surface area contributed by atoms with Gasteiger partial charge in [-0.1, -0.05) is 54.4 Å². The van der Waals surface area contributed by atoms with E-state index in [0.29, 0.717) is 23.2 Å². The summed E-state index contributed by atoms with van der Waals surface area (Å²) in [6.07, 6.45) is 5.83. The number of nitrogens with one attached hydrogen (secondary N) is 1. The molecule has 0 saturated heterocycles. The summed E-state index contributed by atoms with van der Waals surface area (Å²) in [5.41, 5.74) is 2.74. The van der Waals surface area contributed by atoms with E-state index in [9.17, 15) is 9.59 Å². The van der Waals surface area contributed by atoms with Crippen molar-refractivity contribution in [2.45, 2.75) is 41.9 Å². The first-order valence-electron chi connectivity index (χ1n) is 12.1. The Morgan fingerprint density at radius 2 is 1.84 bits per heavy atom.